The minimum Gasteiger partial charge on any atom is -0.478 e. The number of carboxylic acids is 2. The van der Waals surface area contributed by atoms with Crippen LogP contribution in [0.2, 0.25) is 0 Å². The summed E-state index contributed by atoms with van der Waals surface area (Å²) in [4.78, 5) is 35.2. The van der Waals surface area contributed by atoms with Crippen LogP contribution in [0.5, 0.6) is 5.75 Å². The van der Waals surface area contributed by atoms with E-state index in [4.69, 9.17) is 14.9 Å². The third-order valence-corrected chi connectivity index (χ3v) is 3.57. The van der Waals surface area contributed by atoms with E-state index in [2.05, 4.69) is 15.0 Å². The molecule has 3 N–H and O–H groups in total. The summed E-state index contributed by atoms with van der Waals surface area (Å²) in [5, 5.41) is 27.4. The number of hydrogen-bond donors (Lipinski definition) is 3. The van der Waals surface area contributed by atoms with Gasteiger partial charge in [0.2, 0.25) is 0 Å². The molecular formula is C18H13N3O6. The van der Waals surface area contributed by atoms with Gasteiger partial charge in [0.05, 0.1) is 33.9 Å². The average Bonchev–Trinajstić information content (AvgIpc) is 2.68. The highest BCUT2D eigenvalue weighted by Crippen LogP contribution is 2.25. The number of rotatable bonds is 6. The van der Waals surface area contributed by atoms with Crippen LogP contribution in [0, 0.1) is 0 Å². The summed E-state index contributed by atoms with van der Waals surface area (Å²) in [6.07, 6.45) is 2.74. The summed E-state index contributed by atoms with van der Waals surface area (Å²) in [5.74, 6) is -1.99. The van der Waals surface area contributed by atoms with Crippen LogP contribution in [0.4, 0.5) is 0 Å². The Labute approximate surface area is 152 Å². The molecule has 0 aliphatic heterocycles. The lowest BCUT2D eigenvalue weighted by Crippen LogP contribution is -2.03. The molecule has 27 heavy (non-hydrogen) atoms. The third-order valence-electron chi connectivity index (χ3n) is 3.57. The van der Waals surface area contributed by atoms with Gasteiger partial charge in [-0.15, -0.1) is 0 Å². The Hall–Kier alpha value is -3.85. The van der Waals surface area contributed by atoms with Crippen LogP contribution in [0.25, 0.3) is 22.8 Å². The first-order valence-electron chi connectivity index (χ1n) is 7.63. The van der Waals surface area contributed by atoms with Crippen LogP contribution < -0.4 is 4.74 Å². The quantitative estimate of drug-likeness (QED) is 0.557. The van der Waals surface area contributed by atoms with Gasteiger partial charge in [-0.1, -0.05) is 0 Å². The molecule has 3 rings (SSSR count). The van der Waals surface area contributed by atoms with Crippen LogP contribution in [-0.4, -0.2) is 49.0 Å². The minimum absolute atomic E-state index is 0.000506. The van der Waals surface area contributed by atoms with Crippen LogP contribution in [0.15, 0.2) is 48.8 Å². The number of aromatic carboxylic acids is 2. The molecule has 0 aliphatic rings. The van der Waals surface area contributed by atoms with E-state index >= 15 is 0 Å². The largest absolute Gasteiger partial charge is 0.478 e. The van der Waals surface area contributed by atoms with Gasteiger partial charge in [-0.25, -0.2) is 14.6 Å². The first-order valence-corrected chi connectivity index (χ1v) is 7.63. The summed E-state index contributed by atoms with van der Waals surface area (Å²) in [5.41, 5.74) is 0.883. The first kappa shape index (κ1) is 18.0. The van der Waals surface area contributed by atoms with E-state index in [0.29, 0.717) is 11.4 Å². The minimum atomic E-state index is -1.18. The molecule has 136 valence electrons. The van der Waals surface area contributed by atoms with Crippen molar-refractivity contribution >= 4 is 11.9 Å². The first-order chi connectivity index (χ1) is 13.0. The molecule has 3 aromatic rings. The Morgan fingerprint density at radius 1 is 0.815 bits per heavy atom. The molecule has 0 saturated carbocycles. The summed E-state index contributed by atoms with van der Waals surface area (Å²) in [7, 11) is 0. The van der Waals surface area contributed by atoms with E-state index < -0.39 is 18.7 Å². The van der Waals surface area contributed by atoms with Crippen molar-refractivity contribution in [1.82, 2.24) is 15.0 Å². The second-order valence-corrected chi connectivity index (χ2v) is 5.32. The normalized spacial score (nSPS) is 10.4. The summed E-state index contributed by atoms with van der Waals surface area (Å²) in [6.45, 7) is -0.525. The molecule has 0 bridgehead atoms. The average molecular weight is 367 g/mol. The maximum atomic E-state index is 11.5. The number of pyridine rings is 3. The lowest BCUT2D eigenvalue weighted by molar-refractivity contribution is 0.0686. The lowest BCUT2D eigenvalue weighted by atomic mass is 10.1. The predicted molar refractivity (Wildman–Crippen MR) is 92.3 cm³/mol. The maximum absolute atomic E-state index is 11.5. The van der Waals surface area contributed by atoms with Gasteiger partial charge in [0.15, 0.2) is 6.79 Å². The van der Waals surface area contributed by atoms with E-state index in [-0.39, 0.29) is 28.2 Å². The molecule has 0 aliphatic carbocycles. The molecule has 9 heteroatoms. The highest BCUT2D eigenvalue weighted by atomic mass is 16.6. The highest BCUT2D eigenvalue weighted by molar-refractivity contribution is 5.91. The molecule has 0 aromatic carbocycles. The van der Waals surface area contributed by atoms with E-state index in [1.54, 1.807) is 0 Å². The number of aliphatic hydroxyl groups excluding tert-OH is 1. The fourth-order valence-electron chi connectivity index (χ4n) is 2.34. The van der Waals surface area contributed by atoms with Gasteiger partial charge < -0.3 is 20.1 Å². The van der Waals surface area contributed by atoms with Crippen molar-refractivity contribution in [3.05, 3.63) is 59.9 Å². The molecule has 0 fully saturated rings. The van der Waals surface area contributed by atoms with Crippen molar-refractivity contribution < 1.29 is 29.6 Å². The molecule has 9 nitrogen and oxygen atoms in total. The van der Waals surface area contributed by atoms with Crippen LogP contribution in [0.3, 0.4) is 0 Å². The zero-order valence-electron chi connectivity index (χ0n) is 13.7. The molecule has 0 atom stereocenters. The number of carbonyl (C=O) groups is 2. The fourth-order valence-corrected chi connectivity index (χ4v) is 2.34. The zero-order valence-corrected chi connectivity index (χ0v) is 13.7. The van der Waals surface area contributed by atoms with Gasteiger partial charge in [0, 0.05) is 18.5 Å². The van der Waals surface area contributed by atoms with Crippen molar-refractivity contribution in [2.75, 3.05) is 6.79 Å². The highest BCUT2D eigenvalue weighted by Gasteiger charge is 2.14. The van der Waals surface area contributed by atoms with E-state index in [9.17, 15) is 14.7 Å². The van der Waals surface area contributed by atoms with Crippen LogP contribution >= 0.6 is 0 Å². The molecular weight excluding hydrogens is 354 g/mol. The van der Waals surface area contributed by atoms with Crippen molar-refractivity contribution in [3.63, 3.8) is 0 Å². The van der Waals surface area contributed by atoms with Gasteiger partial charge in [0.25, 0.3) is 0 Å². The molecule has 0 spiro atoms. The molecule has 0 radical (unpaired) electrons. The van der Waals surface area contributed by atoms with Crippen LogP contribution in [0.1, 0.15) is 20.7 Å². The molecule has 0 saturated heterocycles. The number of hydrogen-bond acceptors (Lipinski definition) is 7. The Morgan fingerprint density at radius 2 is 1.37 bits per heavy atom. The summed E-state index contributed by atoms with van der Waals surface area (Å²) >= 11 is 0. The van der Waals surface area contributed by atoms with Crippen molar-refractivity contribution in [3.8, 4) is 28.5 Å². The number of nitrogens with zero attached hydrogens (tertiary/aromatic N) is 3. The number of ether oxygens (including phenoxy) is 1. The van der Waals surface area contributed by atoms with Crippen molar-refractivity contribution in [2.24, 2.45) is 0 Å². The zero-order chi connectivity index (χ0) is 19.4. The number of aliphatic hydroxyl groups is 1. The third kappa shape index (κ3) is 4.05. The molecule has 3 aromatic heterocycles. The number of aromatic nitrogens is 3. The van der Waals surface area contributed by atoms with Gasteiger partial charge >= 0.3 is 11.9 Å². The van der Waals surface area contributed by atoms with E-state index in [1.807, 2.05) is 0 Å². The fraction of sp³-hybridized carbons (Fsp3) is 0.0556. The SMILES string of the molecule is O=C(O)c1ccnc(-c2cc(C(=O)O)cc(-c3cc(OCO)ccn3)n2)c1. The Morgan fingerprint density at radius 3 is 1.96 bits per heavy atom. The van der Waals surface area contributed by atoms with E-state index in [0.717, 1.165) is 0 Å². The monoisotopic (exact) mass is 367 g/mol. The summed E-state index contributed by atoms with van der Waals surface area (Å²) in [6, 6.07) is 8.28. The van der Waals surface area contributed by atoms with Gasteiger partial charge in [-0.05, 0) is 30.3 Å². The van der Waals surface area contributed by atoms with Crippen molar-refractivity contribution in [1.29, 1.82) is 0 Å². The maximum Gasteiger partial charge on any atom is 0.335 e. The second-order valence-electron chi connectivity index (χ2n) is 5.32. The van der Waals surface area contributed by atoms with Gasteiger partial charge in [-0.3, -0.25) is 9.97 Å². The van der Waals surface area contributed by atoms with Crippen LogP contribution in [-0.2, 0) is 0 Å². The second kappa shape index (κ2) is 7.58. The standard InChI is InChI=1S/C18H13N3O6/c22-9-27-12-2-4-20-14(8-12)16-7-11(18(25)26)6-15(21-16)13-5-10(17(23)24)1-3-19-13/h1-8,22H,9H2,(H,23,24)(H,25,26). The topological polar surface area (TPSA) is 143 Å². The van der Waals surface area contributed by atoms with Crippen molar-refractivity contribution in [2.45, 2.75) is 0 Å². The summed E-state index contributed by atoms with van der Waals surface area (Å²) < 4.78 is 5.00. The predicted octanol–water partition coefficient (Wildman–Crippen LogP) is 1.93. The van der Waals surface area contributed by atoms with Gasteiger partial charge in [0.1, 0.15) is 5.75 Å². The Kier molecular flexibility index (Phi) is 5.04. The Balaban J connectivity index is 2.14. The Bertz CT molecular complexity index is 1020. The molecule has 0 amide bonds. The smallest absolute Gasteiger partial charge is 0.335 e. The molecule has 0 unspecified atom stereocenters. The lowest BCUT2D eigenvalue weighted by Gasteiger charge is -2.08. The number of carboxylic acid groups (broad SMARTS) is 2. The molecule has 3 heterocycles. The van der Waals surface area contributed by atoms with Gasteiger partial charge in [-0.2, -0.15) is 0 Å². The van der Waals surface area contributed by atoms with E-state index in [1.165, 1.54) is 48.8 Å².